The second kappa shape index (κ2) is 4.09. The maximum absolute atomic E-state index is 12.9. The molecule has 0 saturated heterocycles. The molecule has 0 aliphatic carbocycles. The number of nitrogens with one attached hydrogen (secondary N) is 1. The summed E-state index contributed by atoms with van der Waals surface area (Å²) in [7, 11) is 0. The molecule has 1 aromatic rings. The Morgan fingerprint density at radius 1 is 1.37 bits per heavy atom. The molecular weight excluding hydrogens is 261 g/mol. The van der Waals surface area contributed by atoms with E-state index in [1.165, 1.54) is 11.1 Å². The zero-order valence-corrected chi connectivity index (χ0v) is 9.87. The van der Waals surface area contributed by atoms with Gasteiger partial charge in [-0.2, -0.15) is 13.2 Å². The molecule has 5 nitrogen and oxygen atoms in total. The number of hydrogen-bond acceptors (Lipinski definition) is 3. The smallest absolute Gasteiger partial charge is 0.320 e. The van der Waals surface area contributed by atoms with Crippen LogP contribution in [0.5, 0.6) is 0 Å². The van der Waals surface area contributed by atoms with Gasteiger partial charge in [0.2, 0.25) is 11.7 Å². The molecule has 3 rings (SSSR count). The van der Waals surface area contributed by atoms with Crippen molar-refractivity contribution < 1.29 is 18.0 Å². The van der Waals surface area contributed by atoms with E-state index in [4.69, 9.17) is 0 Å². The molecule has 0 unspecified atom stereocenters. The molecule has 0 saturated carbocycles. The maximum Gasteiger partial charge on any atom is 0.449 e. The van der Waals surface area contributed by atoms with Crippen molar-refractivity contribution in [2.24, 2.45) is 0 Å². The van der Waals surface area contributed by atoms with Crippen LogP contribution in [0.25, 0.3) is 0 Å². The fraction of sp³-hybridized carbons (Fsp3) is 0.455. The number of carbonyl (C=O) groups is 1. The molecule has 2 aliphatic heterocycles. The lowest BCUT2D eigenvalue weighted by atomic mass is 10.3. The lowest BCUT2D eigenvalue weighted by molar-refractivity contribution is -0.147. The highest BCUT2D eigenvalue weighted by molar-refractivity contribution is 5.98. The minimum absolute atomic E-state index is 0.0817. The summed E-state index contributed by atoms with van der Waals surface area (Å²) in [6, 6.07) is 0. The van der Waals surface area contributed by atoms with Crippen LogP contribution in [0.1, 0.15) is 17.9 Å². The zero-order valence-electron chi connectivity index (χ0n) is 9.87. The highest BCUT2D eigenvalue weighted by atomic mass is 19.4. The summed E-state index contributed by atoms with van der Waals surface area (Å²) in [5.41, 5.74) is 0.401. The number of rotatable bonds is 1. The third-order valence-electron chi connectivity index (χ3n) is 3.15. The largest absolute Gasteiger partial charge is 0.449 e. The maximum atomic E-state index is 12.9. The minimum Gasteiger partial charge on any atom is -0.320 e. The SMILES string of the molecule is O=C1CC=CN1c1nc(C(F)(F)F)n2c1CNCC2. The van der Waals surface area contributed by atoms with Crippen molar-refractivity contribution in [2.45, 2.75) is 25.7 Å². The number of hydrogen-bond donors (Lipinski definition) is 1. The first-order valence-electron chi connectivity index (χ1n) is 5.84. The number of fused-ring (bicyclic) bond motifs is 1. The molecule has 0 atom stereocenters. The number of alkyl halides is 3. The molecule has 19 heavy (non-hydrogen) atoms. The summed E-state index contributed by atoms with van der Waals surface area (Å²) in [6.07, 6.45) is -1.24. The van der Waals surface area contributed by atoms with Crippen LogP contribution in [-0.2, 0) is 24.1 Å². The van der Waals surface area contributed by atoms with Crippen molar-refractivity contribution in [1.29, 1.82) is 0 Å². The average Bonchev–Trinajstić information content (AvgIpc) is 2.91. The molecule has 0 spiro atoms. The van der Waals surface area contributed by atoms with E-state index in [0.29, 0.717) is 12.2 Å². The van der Waals surface area contributed by atoms with Crippen LogP contribution in [0.4, 0.5) is 19.0 Å². The Morgan fingerprint density at radius 2 is 2.16 bits per heavy atom. The van der Waals surface area contributed by atoms with Crippen molar-refractivity contribution in [3.8, 4) is 0 Å². The van der Waals surface area contributed by atoms with E-state index >= 15 is 0 Å². The van der Waals surface area contributed by atoms with Gasteiger partial charge in [0.1, 0.15) is 0 Å². The Morgan fingerprint density at radius 3 is 2.79 bits per heavy atom. The zero-order chi connectivity index (χ0) is 13.6. The van der Waals surface area contributed by atoms with Crippen molar-refractivity contribution in [1.82, 2.24) is 14.9 Å². The monoisotopic (exact) mass is 272 g/mol. The van der Waals surface area contributed by atoms with E-state index in [9.17, 15) is 18.0 Å². The lowest BCUT2D eigenvalue weighted by Gasteiger charge is -2.20. The fourth-order valence-electron chi connectivity index (χ4n) is 2.33. The minimum atomic E-state index is -4.52. The summed E-state index contributed by atoms with van der Waals surface area (Å²) in [6.45, 7) is 0.925. The topological polar surface area (TPSA) is 50.2 Å². The standard InChI is InChI=1S/C11H11F3N4O/c12-11(13,14)10-16-9(18-4-1-2-8(18)19)7-6-15-3-5-17(7)10/h1,4,15H,2-3,5-6H2. The van der Waals surface area contributed by atoms with Gasteiger partial charge in [-0.1, -0.05) is 6.08 Å². The molecule has 0 aromatic carbocycles. The highest BCUT2D eigenvalue weighted by Gasteiger charge is 2.40. The Kier molecular flexibility index (Phi) is 2.63. The molecular formula is C11H11F3N4O. The fourth-order valence-corrected chi connectivity index (χ4v) is 2.33. The van der Waals surface area contributed by atoms with Gasteiger partial charge in [-0.25, -0.2) is 4.98 Å². The first-order chi connectivity index (χ1) is 8.98. The molecule has 0 bridgehead atoms. The Bertz CT molecular complexity index is 561. The van der Waals surface area contributed by atoms with E-state index in [0.717, 1.165) is 4.57 Å². The number of aromatic nitrogens is 2. The molecule has 1 aromatic heterocycles. The normalized spacial score (nSPS) is 19.1. The van der Waals surface area contributed by atoms with Crippen molar-refractivity contribution in [3.05, 3.63) is 23.8 Å². The van der Waals surface area contributed by atoms with Crippen molar-refractivity contribution >= 4 is 11.7 Å². The van der Waals surface area contributed by atoms with Gasteiger partial charge >= 0.3 is 6.18 Å². The molecule has 102 valence electrons. The van der Waals surface area contributed by atoms with Crippen LogP contribution >= 0.6 is 0 Å². The van der Waals surface area contributed by atoms with Gasteiger partial charge in [0.05, 0.1) is 5.69 Å². The predicted octanol–water partition coefficient (Wildman–Crippen LogP) is 1.26. The lowest BCUT2D eigenvalue weighted by Crippen LogP contribution is -2.31. The number of amides is 1. The van der Waals surface area contributed by atoms with E-state index in [2.05, 4.69) is 10.3 Å². The Balaban J connectivity index is 2.12. The van der Waals surface area contributed by atoms with Gasteiger partial charge in [-0.15, -0.1) is 0 Å². The number of anilines is 1. The Labute approximate surface area is 106 Å². The van der Waals surface area contributed by atoms with E-state index in [-0.39, 0.29) is 31.2 Å². The first-order valence-corrected chi connectivity index (χ1v) is 5.84. The van der Waals surface area contributed by atoms with Gasteiger partial charge in [0, 0.05) is 32.3 Å². The van der Waals surface area contributed by atoms with Crippen LogP contribution in [0.3, 0.4) is 0 Å². The second-order valence-corrected chi connectivity index (χ2v) is 4.38. The third kappa shape index (κ3) is 1.92. The van der Waals surface area contributed by atoms with E-state index in [1.54, 1.807) is 6.08 Å². The molecule has 1 N–H and O–H groups in total. The van der Waals surface area contributed by atoms with Crippen molar-refractivity contribution in [2.75, 3.05) is 11.4 Å². The number of carbonyl (C=O) groups excluding carboxylic acids is 1. The van der Waals surface area contributed by atoms with E-state index < -0.39 is 12.0 Å². The van der Waals surface area contributed by atoms with Gasteiger partial charge in [0.25, 0.3) is 0 Å². The van der Waals surface area contributed by atoms with Gasteiger partial charge in [-0.05, 0) is 0 Å². The van der Waals surface area contributed by atoms with Gasteiger partial charge in [-0.3, -0.25) is 9.69 Å². The summed E-state index contributed by atoms with van der Waals surface area (Å²) in [5.74, 6) is -1.12. The summed E-state index contributed by atoms with van der Waals surface area (Å²) >= 11 is 0. The summed E-state index contributed by atoms with van der Waals surface area (Å²) in [5, 5.41) is 2.99. The quantitative estimate of drug-likeness (QED) is 0.837. The van der Waals surface area contributed by atoms with Crippen LogP contribution in [-0.4, -0.2) is 22.0 Å². The van der Waals surface area contributed by atoms with Crippen LogP contribution < -0.4 is 10.2 Å². The molecule has 2 aliphatic rings. The van der Waals surface area contributed by atoms with Crippen molar-refractivity contribution in [3.63, 3.8) is 0 Å². The molecule has 0 fully saturated rings. The molecule has 1 amide bonds. The van der Waals surface area contributed by atoms with Crippen LogP contribution in [0, 0.1) is 0 Å². The van der Waals surface area contributed by atoms with Gasteiger partial charge in [0.15, 0.2) is 5.82 Å². The number of halogens is 3. The second-order valence-electron chi connectivity index (χ2n) is 4.38. The van der Waals surface area contributed by atoms with Gasteiger partial charge < -0.3 is 9.88 Å². The number of imidazole rings is 1. The average molecular weight is 272 g/mol. The number of nitrogens with zero attached hydrogens (tertiary/aromatic N) is 3. The molecule has 3 heterocycles. The first kappa shape index (κ1) is 12.2. The third-order valence-corrected chi connectivity index (χ3v) is 3.15. The Hall–Kier alpha value is -1.83. The highest BCUT2D eigenvalue weighted by Crippen LogP contribution is 2.35. The summed E-state index contributed by atoms with van der Waals surface area (Å²) < 4.78 is 40.0. The summed E-state index contributed by atoms with van der Waals surface area (Å²) in [4.78, 5) is 16.5. The predicted molar refractivity (Wildman–Crippen MR) is 60.2 cm³/mol. The molecule has 0 radical (unpaired) electrons. The van der Waals surface area contributed by atoms with E-state index in [1.807, 2.05) is 0 Å². The van der Waals surface area contributed by atoms with Crippen LogP contribution in [0.15, 0.2) is 12.3 Å². The molecule has 8 heteroatoms. The van der Waals surface area contributed by atoms with Crippen LogP contribution in [0.2, 0.25) is 0 Å².